The van der Waals surface area contributed by atoms with E-state index in [0.717, 1.165) is 11.6 Å². The molecule has 0 saturated carbocycles. The summed E-state index contributed by atoms with van der Waals surface area (Å²) in [6.07, 6.45) is 0.270. The van der Waals surface area contributed by atoms with Crippen LogP contribution in [0.1, 0.15) is 17.0 Å². The highest BCUT2D eigenvalue weighted by atomic mass is 35.5. The molecule has 0 saturated heterocycles. The summed E-state index contributed by atoms with van der Waals surface area (Å²) in [6.45, 7) is -0.152. The van der Waals surface area contributed by atoms with Crippen molar-refractivity contribution in [1.82, 2.24) is 0 Å². The van der Waals surface area contributed by atoms with Gasteiger partial charge in [0, 0.05) is 17.0 Å². The van der Waals surface area contributed by atoms with Crippen LogP contribution in [0.4, 0.5) is 8.78 Å². The Morgan fingerprint density at radius 1 is 1.11 bits per heavy atom. The first-order valence-corrected chi connectivity index (χ1v) is 6.29. The zero-order valence-corrected chi connectivity index (χ0v) is 10.9. The number of hydrogen-bond acceptors (Lipinski definition) is 1. The molecule has 2 aromatic rings. The monoisotopic (exact) mass is 282 g/mol. The standard InChI is InChI=1S/C15H13ClF2O/c16-14-4-2-1-3-13(14)11(9-19)7-10-5-6-12(17)8-15(10)18/h1-6,8,11,19H,7,9H2. The van der Waals surface area contributed by atoms with Crippen molar-refractivity contribution < 1.29 is 13.9 Å². The highest BCUT2D eigenvalue weighted by Crippen LogP contribution is 2.28. The van der Waals surface area contributed by atoms with Gasteiger partial charge in [0.25, 0.3) is 0 Å². The van der Waals surface area contributed by atoms with Gasteiger partial charge in [-0.1, -0.05) is 35.9 Å². The Bertz CT molecular complexity index is 572. The first-order chi connectivity index (χ1) is 9.11. The van der Waals surface area contributed by atoms with Gasteiger partial charge in [0.15, 0.2) is 0 Å². The van der Waals surface area contributed by atoms with Gasteiger partial charge in [0.2, 0.25) is 0 Å². The van der Waals surface area contributed by atoms with E-state index in [1.54, 1.807) is 18.2 Å². The molecule has 19 heavy (non-hydrogen) atoms. The lowest BCUT2D eigenvalue weighted by Crippen LogP contribution is -2.09. The Morgan fingerprint density at radius 2 is 1.84 bits per heavy atom. The molecular formula is C15H13ClF2O. The molecule has 0 fully saturated rings. The Morgan fingerprint density at radius 3 is 2.47 bits per heavy atom. The summed E-state index contributed by atoms with van der Waals surface area (Å²) in [7, 11) is 0. The summed E-state index contributed by atoms with van der Waals surface area (Å²) in [5.41, 5.74) is 1.12. The Balaban J connectivity index is 2.27. The molecule has 100 valence electrons. The first kappa shape index (κ1) is 14.0. The summed E-state index contributed by atoms with van der Waals surface area (Å²) >= 11 is 6.06. The lowest BCUT2D eigenvalue weighted by atomic mass is 9.92. The number of halogens is 3. The van der Waals surface area contributed by atoms with Crippen molar-refractivity contribution in [3.05, 3.63) is 70.2 Å². The lowest BCUT2D eigenvalue weighted by molar-refractivity contribution is 0.263. The molecule has 0 radical (unpaired) electrons. The molecule has 0 aromatic heterocycles. The van der Waals surface area contributed by atoms with Crippen LogP contribution in [0.15, 0.2) is 42.5 Å². The molecule has 0 heterocycles. The van der Waals surface area contributed by atoms with Crippen LogP contribution in [0.25, 0.3) is 0 Å². The number of rotatable bonds is 4. The second-order valence-corrected chi connectivity index (χ2v) is 4.75. The summed E-state index contributed by atoms with van der Waals surface area (Å²) in [5.74, 6) is -1.53. The minimum Gasteiger partial charge on any atom is -0.396 e. The summed E-state index contributed by atoms with van der Waals surface area (Å²) in [4.78, 5) is 0. The fourth-order valence-electron chi connectivity index (χ4n) is 2.03. The van der Waals surface area contributed by atoms with Crippen molar-refractivity contribution in [1.29, 1.82) is 0 Å². The molecule has 0 bridgehead atoms. The summed E-state index contributed by atoms with van der Waals surface area (Å²) in [5, 5.41) is 9.99. The Kier molecular flexibility index (Phi) is 4.51. The van der Waals surface area contributed by atoms with Gasteiger partial charge in [-0.05, 0) is 29.7 Å². The first-order valence-electron chi connectivity index (χ1n) is 5.91. The molecule has 1 N–H and O–H groups in total. The second kappa shape index (κ2) is 6.13. The van der Waals surface area contributed by atoms with E-state index >= 15 is 0 Å². The Labute approximate surface area is 115 Å². The molecule has 0 amide bonds. The van der Waals surface area contributed by atoms with E-state index in [4.69, 9.17) is 11.6 Å². The predicted molar refractivity (Wildman–Crippen MR) is 71.3 cm³/mol. The molecule has 1 unspecified atom stereocenters. The number of hydrogen-bond donors (Lipinski definition) is 1. The Hall–Kier alpha value is -1.45. The van der Waals surface area contributed by atoms with Crippen molar-refractivity contribution in [3.8, 4) is 0 Å². The second-order valence-electron chi connectivity index (χ2n) is 4.34. The molecule has 0 aliphatic carbocycles. The van der Waals surface area contributed by atoms with E-state index < -0.39 is 11.6 Å². The van der Waals surface area contributed by atoms with Crippen LogP contribution in [0.3, 0.4) is 0 Å². The van der Waals surface area contributed by atoms with Gasteiger partial charge in [-0.25, -0.2) is 8.78 Å². The van der Waals surface area contributed by atoms with Crippen molar-refractivity contribution in [2.24, 2.45) is 0 Å². The SMILES string of the molecule is OCC(Cc1ccc(F)cc1F)c1ccccc1Cl. The maximum absolute atomic E-state index is 13.6. The van der Waals surface area contributed by atoms with Crippen LogP contribution in [0.5, 0.6) is 0 Å². The van der Waals surface area contributed by atoms with Gasteiger partial charge in [-0.2, -0.15) is 0 Å². The molecule has 1 nitrogen and oxygen atoms in total. The van der Waals surface area contributed by atoms with Crippen LogP contribution in [0.2, 0.25) is 5.02 Å². The third kappa shape index (κ3) is 3.31. The zero-order chi connectivity index (χ0) is 13.8. The minimum atomic E-state index is -0.612. The van der Waals surface area contributed by atoms with Gasteiger partial charge < -0.3 is 5.11 Å². The molecule has 0 aliphatic rings. The minimum absolute atomic E-state index is 0.152. The third-order valence-corrected chi connectivity index (χ3v) is 3.39. The largest absolute Gasteiger partial charge is 0.396 e. The van der Waals surface area contributed by atoms with Crippen LogP contribution >= 0.6 is 11.6 Å². The maximum Gasteiger partial charge on any atom is 0.129 e. The normalized spacial score (nSPS) is 12.4. The predicted octanol–water partition coefficient (Wildman–Crippen LogP) is 3.94. The molecule has 0 aliphatic heterocycles. The van der Waals surface area contributed by atoms with Gasteiger partial charge in [0.1, 0.15) is 11.6 Å². The summed E-state index contributed by atoms with van der Waals surface area (Å²) < 4.78 is 26.5. The maximum atomic E-state index is 13.6. The molecule has 4 heteroatoms. The lowest BCUT2D eigenvalue weighted by Gasteiger charge is -2.16. The van der Waals surface area contributed by atoms with Crippen molar-refractivity contribution in [2.75, 3.05) is 6.61 Å². The average Bonchev–Trinajstić information content (AvgIpc) is 2.39. The molecule has 2 rings (SSSR count). The van der Waals surface area contributed by atoms with Gasteiger partial charge in [0.05, 0.1) is 6.61 Å². The molecule has 0 spiro atoms. The highest BCUT2D eigenvalue weighted by molar-refractivity contribution is 6.31. The fraction of sp³-hybridized carbons (Fsp3) is 0.200. The van der Waals surface area contributed by atoms with Gasteiger partial charge >= 0.3 is 0 Å². The van der Waals surface area contributed by atoms with E-state index in [9.17, 15) is 13.9 Å². The smallest absolute Gasteiger partial charge is 0.129 e. The summed E-state index contributed by atoms with van der Waals surface area (Å²) in [6, 6.07) is 10.6. The molecule has 1 atom stereocenters. The van der Waals surface area contributed by atoms with E-state index in [1.807, 2.05) is 6.07 Å². The van der Waals surface area contributed by atoms with Crippen molar-refractivity contribution in [3.63, 3.8) is 0 Å². The van der Waals surface area contributed by atoms with Crippen molar-refractivity contribution in [2.45, 2.75) is 12.3 Å². The van der Waals surface area contributed by atoms with E-state index in [2.05, 4.69) is 0 Å². The van der Waals surface area contributed by atoms with Crippen LogP contribution in [-0.4, -0.2) is 11.7 Å². The fourth-order valence-corrected chi connectivity index (χ4v) is 2.32. The van der Waals surface area contributed by atoms with E-state index in [1.165, 1.54) is 12.1 Å². The van der Waals surface area contributed by atoms with Crippen LogP contribution in [0, 0.1) is 11.6 Å². The third-order valence-electron chi connectivity index (χ3n) is 3.05. The van der Waals surface area contributed by atoms with Crippen LogP contribution < -0.4 is 0 Å². The number of benzene rings is 2. The van der Waals surface area contributed by atoms with Gasteiger partial charge in [-0.15, -0.1) is 0 Å². The quantitative estimate of drug-likeness (QED) is 0.901. The number of aliphatic hydroxyl groups is 1. The van der Waals surface area contributed by atoms with E-state index in [-0.39, 0.29) is 18.9 Å². The van der Waals surface area contributed by atoms with Crippen molar-refractivity contribution >= 4 is 11.6 Å². The average molecular weight is 283 g/mol. The van der Waals surface area contributed by atoms with Gasteiger partial charge in [-0.3, -0.25) is 0 Å². The highest BCUT2D eigenvalue weighted by Gasteiger charge is 2.16. The topological polar surface area (TPSA) is 20.2 Å². The van der Waals surface area contributed by atoms with Crippen LogP contribution in [-0.2, 0) is 6.42 Å². The zero-order valence-electron chi connectivity index (χ0n) is 10.1. The number of aliphatic hydroxyl groups excluding tert-OH is 1. The van der Waals surface area contributed by atoms with E-state index in [0.29, 0.717) is 10.6 Å². The molecular weight excluding hydrogens is 270 g/mol. The molecule has 2 aromatic carbocycles.